The van der Waals surface area contributed by atoms with Gasteiger partial charge in [0.25, 0.3) is 0 Å². The first kappa shape index (κ1) is 9.42. The summed E-state index contributed by atoms with van der Waals surface area (Å²) in [5.74, 6) is 0. The van der Waals surface area contributed by atoms with Crippen LogP contribution in [0.5, 0.6) is 0 Å². The molecule has 0 aliphatic carbocycles. The van der Waals surface area contributed by atoms with Gasteiger partial charge in [0.1, 0.15) is 6.04 Å². The van der Waals surface area contributed by atoms with E-state index in [0.29, 0.717) is 0 Å². The Bertz CT molecular complexity index is 393. The van der Waals surface area contributed by atoms with Gasteiger partial charge in [-0.05, 0) is 26.0 Å². The van der Waals surface area contributed by atoms with Crippen LogP contribution in [0, 0.1) is 11.3 Å². The largest absolute Gasteiger partial charge is 0.368 e. The van der Waals surface area contributed by atoms with Crippen molar-refractivity contribution < 1.29 is 0 Å². The minimum atomic E-state index is -0.123. The van der Waals surface area contributed by atoms with Crippen molar-refractivity contribution >= 4 is 17.4 Å². The number of hydrogen-bond acceptors (Lipinski definition) is 3. The average molecular weight is 204 g/mol. The maximum atomic E-state index is 9.03. The molecule has 2 rings (SSSR count). The van der Waals surface area contributed by atoms with Crippen molar-refractivity contribution in [2.24, 2.45) is 0 Å². The molecule has 1 aliphatic heterocycles. The van der Waals surface area contributed by atoms with Crippen LogP contribution in [0.1, 0.15) is 13.8 Å². The van der Waals surface area contributed by atoms with Gasteiger partial charge in [0.05, 0.1) is 6.07 Å². The molecule has 1 N–H and O–H groups in total. The summed E-state index contributed by atoms with van der Waals surface area (Å²) < 4.78 is -0.0664. The predicted octanol–water partition coefficient (Wildman–Crippen LogP) is 2.87. The first-order valence-electron chi connectivity index (χ1n) is 4.58. The second kappa shape index (κ2) is 3.21. The summed E-state index contributed by atoms with van der Waals surface area (Å²) in [5.41, 5.74) is 1.07. The molecule has 0 fully saturated rings. The Morgan fingerprint density at radius 2 is 2.14 bits per heavy atom. The van der Waals surface area contributed by atoms with Gasteiger partial charge in [0.15, 0.2) is 0 Å². The zero-order valence-electron chi connectivity index (χ0n) is 8.24. The minimum absolute atomic E-state index is 0.0664. The summed E-state index contributed by atoms with van der Waals surface area (Å²) in [6.07, 6.45) is 0. The van der Waals surface area contributed by atoms with Gasteiger partial charge >= 0.3 is 0 Å². The van der Waals surface area contributed by atoms with Gasteiger partial charge in [-0.15, -0.1) is 11.8 Å². The molecule has 0 saturated heterocycles. The molecule has 2 nitrogen and oxygen atoms in total. The number of fused-ring (bicyclic) bond motifs is 1. The summed E-state index contributed by atoms with van der Waals surface area (Å²) in [6, 6.07) is 10.3. The fourth-order valence-electron chi connectivity index (χ4n) is 1.53. The van der Waals surface area contributed by atoms with Crippen molar-refractivity contribution in [3.05, 3.63) is 24.3 Å². The third kappa shape index (κ3) is 1.46. The molecule has 0 unspecified atom stereocenters. The number of nitriles is 1. The molecule has 72 valence electrons. The first-order chi connectivity index (χ1) is 6.63. The van der Waals surface area contributed by atoms with E-state index in [9.17, 15) is 0 Å². The molecule has 1 aromatic rings. The zero-order chi connectivity index (χ0) is 10.2. The zero-order valence-corrected chi connectivity index (χ0v) is 9.06. The number of anilines is 1. The van der Waals surface area contributed by atoms with E-state index in [4.69, 9.17) is 5.26 Å². The lowest BCUT2D eigenvalue weighted by Crippen LogP contribution is -2.40. The second-order valence-corrected chi connectivity index (χ2v) is 5.60. The Labute approximate surface area is 88.3 Å². The highest BCUT2D eigenvalue weighted by atomic mass is 32.2. The molecule has 0 aromatic heterocycles. The van der Waals surface area contributed by atoms with Gasteiger partial charge in [-0.3, -0.25) is 0 Å². The Hall–Kier alpha value is -1.14. The highest BCUT2D eigenvalue weighted by Crippen LogP contribution is 2.43. The molecular weight excluding hydrogens is 192 g/mol. The van der Waals surface area contributed by atoms with Crippen LogP contribution in [-0.4, -0.2) is 10.8 Å². The summed E-state index contributed by atoms with van der Waals surface area (Å²) in [7, 11) is 0. The molecule has 0 saturated carbocycles. The van der Waals surface area contributed by atoms with E-state index in [1.54, 1.807) is 11.8 Å². The number of hydrogen-bond donors (Lipinski definition) is 1. The van der Waals surface area contributed by atoms with E-state index in [1.165, 1.54) is 4.90 Å². The standard InChI is InChI=1S/C11H12N2S/c1-11(2)10(7-12)13-8-5-3-4-6-9(8)14-11/h3-6,10,13H,1-2H3/t10-/m1/s1. The molecule has 1 heterocycles. The number of para-hydroxylation sites is 1. The van der Waals surface area contributed by atoms with Crippen LogP contribution in [0.2, 0.25) is 0 Å². The monoisotopic (exact) mass is 204 g/mol. The molecule has 3 heteroatoms. The average Bonchev–Trinajstić information content (AvgIpc) is 2.15. The lowest BCUT2D eigenvalue weighted by Gasteiger charge is -2.36. The van der Waals surface area contributed by atoms with E-state index in [1.807, 2.05) is 18.2 Å². The summed E-state index contributed by atoms with van der Waals surface area (Å²) in [5, 5.41) is 12.3. The van der Waals surface area contributed by atoms with E-state index < -0.39 is 0 Å². The predicted molar refractivity (Wildman–Crippen MR) is 59.4 cm³/mol. The number of thioether (sulfide) groups is 1. The SMILES string of the molecule is CC1(C)Sc2ccccc2N[C@@H]1C#N. The highest BCUT2D eigenvalue weighted by molar-refractivity contribution is 8.01. The Kier molecular flexibility index (Phi) is 2.16. The van der Waals surface area contributed by atoms with E-state index >= 15 is 0 Å². The van der Waals surface area contributed by atoms with Gasteiger partial charge in [0.2, 0.25) is 0 Å². The molecule has 0 amide bonds. The van der Waals surface area contributed by atoms with Crippen molar-refractivity contribution in [1.29, 1.82) is 5.26 Å². The molecule has 1 atom stereocenters. The molecule has 14 heavy (non-hydrogen) atoms. The summed E-state index contributed by atoms with van der Waals surface area (Å²) in [6.45, 7) is 4.18. The summed E-state index contributed by atoms with van der Waals surface area (Å²) >= 11 is 1.76. The molecule has 0 radical (unpaired) electrons. The molecule has 0 bridgehead atoms. The Morgan fingerprint density at radius 3 is 2.86 bits per heavy atom. The van der Waals surface area contributed by atoms with Crippen LogP contribution >= 0.6 is 11.8 Å². The summed E-state index contributed by atoms with van der Waals surface area (Å²) in [4.78, 5) is 1.23. The highest BCUT2D eigenvalue weighted by Gasteiger charge is 2.35. The third-order valence-electron chi connectivity index (χ3n) is 2.38. The van der Waals surface area contributed by atoms with E-state index in [0.717, 1.165) is 5.69 Å². The molecule has 1 aliphatic rings. The first-order valence-corrected chi connectivity index (χ1v) is 5.39. The molecule has 0 spiro atoms. The van der Waals surface area contributed by atoms with Crippen LogP contribution in [0.3, 0.4) is 0 Å². The number of nitrogens with zero attached hydrogens (tertiary/aromatic N) is 1. The smallest absolute Gasteiger partial charge is 0.129 e. The van der Waals surface area contributed by atoms with Crippen molar-refractivity contribution in [2.75, 3.05) is 5.32 Å². The maximum Gasteiger partial charge on any atom is 0.129 e. The van der Waals surface area contributed by atoms with Gasteiger partial charge in [-0.25, -0.2) is 0 Å². The fourth-order valence-corrected chi connectivity index (χ4v) is 2.71. The van der Waals surface area contributed by atoms with Crippen molar-refractivity contribution in [2.45, 2.75) is 29.5 Å². The fraction of sp³-hybridized carbons (Fsp3) is 0.364. The van der Waals surface area contributed by atoms with E-state index in [2.05, 4.69) is 31.3 Å². The van der Waals surface area contributed by atoms with Gasteiger partial charge in [0, 0.05) is 15.3 Å². The van der Waals surface area contributed by atoms with Gasteiger partial charge in [-0.1, -0.05) is 12.1 Å². The lowest BCUT2D eigenvalue weighted by atomic mass is 10.0. The van der Waals surface area contributed by atoms with Crippen LogP contribution in [0.4, 0.5) is 5.69 Å². The van der Waals surface area contributed by atoms with E-state index in [-0.39, 0.29) is 10.8 Å². The topological polar surface area (TPSA) is 35.8 Å². The normalized spacial score (nSPS) is 23.1. The number of benzene rings is 1. The van der Waals surface area contributed by atoms with Gasteiger partial charge in [-0.2, -0.15) is 5.26 Å². The van der Waals surface area contributed by atoms with Crippen LogP contribution in [0.15, 0.2) is 29.2 Å². The number of nitrogens with one attached hydrogen (secondary N) is 1. The minimum Gasteiger partial charge on any atom is -0.368 e. The molecular formula is C11H12N2S. The second-order valence-electron chi connectivity index (χ2n) is 3.91. The quantitative estimate of drug-likeness (QED) is 0.706. The Morgan fingerprint density at radius 1 is 1.43 bits per heavy atom. The maximum absolute atomic E-state index is 9.03. The van der Waals surface area contributed by atoms with Crippen molar-refractivity contribution in [3.8, 4) is 6.07 Å². The van der Waals surface area contributed by atoms with Crippen molar-refractivity contribution in [3.63, 3.8) is 0 Å². The Balaban J connectivity index is 2.41. The lowest BCUT2D eigenvalue weighted by molar-refractivity contribution is 0.655. The third-order valence-corrected chi connectivity index (χ3v) is 3.72. The molecule has 1 aromatic carbocycles. The van der Waals surface area contributed by atoms with Crippen LogP contribution in [0.25, 0.3) is 0 Å². The van der Waals surface area contributed by atoms with Crippen molar-refractivity contribution in [1.82, 2.24) is 0 Å². The van der Waals surface area contributed by atoms with Crippen LogP contribution in [-0.2, 0) is 0 Å². The van der Waals surface area contributed by atoms with Gasteiger partial charge < -0.3 is 5.32 Å². The number of rotatable bonds is 0. The van der Waals surface area contributed by atoms with Crippen LogP contribution < -0.4 is 5.32 Å².